The van der Waals surface area contributed by atoms with Gasteiger partial charge in [0.05, 0.1) is 0 Å². The molecule has 2 aliphatic rings. The fourth-order valence-corrected chi connectivity index (χ4v) is 2.31. The molecule has 0 aromatic rings. The fraction of sp³-hybridized carbons (Fsp3) is 0.909. The van der Waals surface area contributed by atoms with Gasteiger partial charge in [-0.2, -0.15) is 0 Å². The first-order valence-corrected chi connectivity index (χ1v) is 5.52. The van der Waals surface area contributed by atoms with E-state index in [9.17, 15) is 4.79 Å². The highest BCUT2D eigenvalue weighted by Gasteiger charge is 2.32. The molecular weight excluding hydrogens is 162 g/mol. The van der Waals surface area contributed by atoms with Gasteiger partial charge in [-0.3, -0.25) is 4.79 Å². The number of hydrogen-bond donors (Lipinski definition) is 0. The van der Waals surface area contributed by atoms with E-state index >= 15 is 0 Å². The van der Waals surface area contributed by atoms with E-state index in [1.807, 2.05) is 11.9 Å². The summed E-state index contributed by atoms with van der Waals surface area (Å²) in [4.78, 5) is 13.6. The molecule has 2 aliphatic carbocycles. The van der Waals surface area contributed by atoms with E-state index in [0.29, 0.717) is 11.8 Å². The lowest BCUT2D eigenvalue weighted by Gasteiger charge is -2.20. The molecule has 0 atom stereocenters. The first-order chi connectivity index (χ1) is 6.27. The van der Waals surface area contributed by atoms with Crippen LogP contribution in [-0.4, -0.2) is 24.4 Å². The quantitative estimate of drug-likeness (QED) is 0.652. The van der Waals surface area contributed by atoms with Gasteiger partial charge in [-0.05, 0) is 31.6 Å². The van der Waals surface area contributed by atoms with Crippen molar-refractivity contribution in [2.45, 2.75) is 38.5 Å². The van der Waals surface area contributed by atoms with Crippen LogP contribution in [0.1, 0.15) is 38.5 Å². The molecule has 0 bridgehead atoms. The van der Waals surface area contributed by atoms with Crippen LogP contribution in [0.2, 0.25) is 0 Å². The Bertz CT molecular complexity index is 192. The zero-order valence-corrected chi connectivity index (χ0v) is 8.46. The molecule has 0 radical (unpaired) electrons. The largest absolute Gasteiger partial charge is 0.345 e. The van der Waals surface area contributed by atoms with Crippen LogP contribution in [0.5, 0.6) is 0 Å². The summed E-state index contributed by atoms with van der Waals surface area (Å²) in [5, 5.41) is 0. The molecule has 0 N–H and O–H groups in total. The molecule has 0 spiro atoms. The summed E-state index contributed by atoms with van der Waals surface area (Å²) in [6.45, 7) is 1.01. The van der Waals surface area contributed by atoms with Gasteiger partial charge < -0.3 is 4.90 Å². The van der Waals surface area contributed by atoms with Crippen molar-refractivity contribution in [3.05, 3.63) is 0 Å². The molecule has 2 heteroatoms. The van der Waals surface area contributed by atoms with Crippen molar-refractivity contribution in [3.8, 4) is 0 Å². The first-order valence-electron chi connectivity index (χ1n) is 5.52. The maximum absolute atomic E-state index is 11.6. The number of rotatable bonds is 3. The van der Waals surface area contributed by atoms with E-state index in [2.05, 4.69) is 0 Å². The van der Waals surface area contributed by atoms with Crippen LogP contribution in [0.4, 0.5) is 0 Å². The van der Waals surface area contributed by atoms with Crippen molar-refractivity contribution in [2.24, 2.45) is 11.8 Å². The first kappa shape index (κ1) is 9.04. The smallest absolute Gasteiger partial charge is 0.225 e. The van der Waals surface area contributed by atoms with E-state index in [1.165, 1.54) is 25.7 Å². The van der Waals surface area contributed by atoms with Gasteiger partial charge in [0.1, 0.15) is 0 Å². The summed E-state index contributed by atoms with van der Waals surface area (Å²) < 4.78 is 0. The Labute approximate surface area is 80.3 Å². The van der Waals surface area contributed by atoms with Gasteiger partial charge in [-0.25, -0.2) is 0 Å². The molecule has 2 fully saturated rings. The topological polar surface area (TPSA) is 20.3 Å². The number of nitrogens with zero attached hydrogens (tertiary/aromatic N) is 1. The summed E-state index contributed by atoms with van der Waals surface area (Å²) in [5.74, 6) is 1.59. The molecule has 2 nitrogen and oxygen atoms in total. The Morgan fingerprint density at radius 1 is 1.23 bits per heavy atom. The van der Waals surface area contributed by atoms with E-state index in [1.54, 1.807) is 0 Å². The van der Waals surface area contributed by atoms with E-state index in [4.69, 9.17) is 0 Å². The SMILES string of the molecule is CN(CC1CCCC1)C(=O)C1CC1. The monoisotopic (exact) mass is 181 g/mol. The van der Waals surface area contributed by atoms with Gasteiger partial charge in [0.2, 0.25) is 5.91 Å². The minimum Gasteiger partial charge on any atom is -0.345 e. The molecule has 2 rings (SSSR count). The zero-order chi connectivity index (χ0) is 9.26. The van der Waals surface area contributed by atoms with Gasteiger partial charge in [0.15, 0.2) is 0 Å². The van der Waals surface area contributed by atoms with Gasteiger partial charge in [-0.1, -0.05) is 12.8 Å². The van der Waals surface area contributed by atoms with Crippen molar-refractivity contribution >= 4 is 5.91 Å². The summed E-state index contributed by atoms with van der Waals surface area (Å²) in [7, 11) is 1.97. The summed E-state index contributed by atoms with van der Waals surface area (Å²) in [5.41, 5.74) is 0. The van der Waals surface area contributed by atoms with Crippen LogP contribution >= 0.6 is 0 Å². The Hall–Kier alpha value is -0.530. The van der Waals surface area contributed by atoms with Crippen LogP contribution in [0.25, 0.3) is 0 Å². The standard InChI is InChI=1S/C11H19NO/c1-12(11(13)10-6-7-10)8-9-4-2-3-5-9/h9-10H,2-8H2,1H3. The van der Waals surface area contributed by atoms with Crippen LogP contribution in [0.3, 0.4) is 0 Å². The fourth-order valence-electron chi connectivity index (χ4n) is 2.31. The third-order valence-electron chi connectivity index (χ3n) is 3.31. The molecule has 0 saturated heterocycles. The van der Waals surface area contributed by atoms with Crippen molar-refractivity contribution in [2.75, 3.05) is 13.6 Å². The summed E-state index contributed by atoms with van der Waals surface area (Å²) in [6, 6.07) is 0. The zero-order valence-electron chi connectivity index (χ0n) is 8.46. The lowest BCUT2D eigenvalue weighted by atomic mass is 10.1. The van der Waals surface area contributed by atoms with Crippen LogP contribution in [0.15, 0.2) is 0 Å². The average Bonchev–Trinajstić information content (AvgIpc) is 2.85. The lowest BCUT2D eigenvalue weighted by molar-refractivity contribution is -0.131. The average molecular weight is 181 g/mol. The van der Waals surface area contributed by atoms with Gasteiger partial charge in [0.25, 0.3) is 0 Å². The molecule has 0 aromatic carbocycles. The Kier molecular flexibility index (Phi) is 2.56. The second-order valence-electron chi connectivity index (χ2n) is 4.64. The van der Waals surface area contributed by atoms with Crippen molar-refractivity contribution in [1.29, 1.82) is 0 Å². The highest BCUT2D eigenvalue weighted by atomic mass is 16.2. The van der Waals surface area contributed by atoms with E-state index < -0.39 is 0 Å². The molecule has 1 amide bonds. The second kappa shape index (κ2) is 3.69. The number of amides is 1. The molecule has 0 aromatic heterocycles. The number of carbonyl (C=O) groups excluding carboxylic acids is 1. The third kappa shape index (κ3) is 2.23. The Morgan fingerprint density at radius 2 is 1.85 bits per heavy atom. The van der Waals surface area contributed by atoms with Crippen molar-refractivity contribution in [1.82, 2.24) is 4.90 Å². The predicted octanol–water partition coefficient (Wildman–Crippen LogP) is 2.04. The second-order valence-corrected chi connectivity index (χ2v) is 4.64. The predicted molar refractivity (Wildman–Crippen MR) is 52.3 cm³/mol. The van der Waals surface area contributed by atoms with Gasteiger partial charge in [0, 0.05) is 19.5 Å². The van der Waals surface area contributed by atoms with Gasteiger partial charge >= 0.3 is 0 Å². The van der Waals surface area contributed by atoms with E-state index in [0.717, 1.165) is 25.3 Å². The molecule has 0 heterocycles. The summed E-state index contributed by atoms with van der Waals surface area (Å²) in [6.07, 6.45) is 7.68. The molecule has 0 aliphatic heterocycles. The lowest BCUT2D eigenvalue weighted by Crippen LogP contribution is -2.32. The van der Waals surface area contributed by atoms with E-state index in [-0.39, 0.29) is 0 Å². The highest BCUT2D eigenvalue weighted by Crippen LogP contribution is 2.32. The van der Waals surface area contributed by atoms with Crippen molar-refractivity contribution in [3.63, 3.8) is 0 Å². The maximum Gasteiger partial charge on any atom is 0.225 e. The molecule has 0 unspecified atom stereocenters. The highest BCUT2D eigenvalue weighted by molar-refractivity contribution is 5.80. The normalized spacial score (nSPS) is 23.5. The van der Waals surface area contributed by atoms with Crippen LogP contribution < -0.4 is 0 Å². The van der Waals surface area contributed by atoms with Crippen LogP contribution in [0, 0.1) is 11.8 Å². The minimum atomic E-state index is 0.395. The Balaban J connectivity index is 1.75. The summed E-state index contributed by atoms with van der Waals surface area (Å²) >= 11 is 0. The minimum absolute atomic E-state index is 0.395. The molecular formula is C11H19NO. The maximum atomic E-state index is 11.6. The third-order valence-corrected chi connectivity index (χ3v) is 3.31. The Morgan fingerprint density at radius 3 is 2.38 bits per heavy atom. The van der Waals surface area contributed by atoms with Gasteiger partial charge in [-0.15, -0.1) is 0 Å². The van der Waals surface area contributed by atoms with Crippen LogP contribution in [-0.2, 0) is 4.79 Å². The van der Waals surface area contributed by atoms with Crippen molar-refractivity contribution < 1.29 is 4.79 Å². The molecule has 13 heavy (non-hydrogen) atoms. The number of hydrogen-bond acceptors (Lipinski definition) is 1. The number of carbonyl (C=O) groups is 1. The molecule has 2 saturated carbocycles. The molecule has 74 valence electrons.